The van der Waals surface area contributed by atoms with Gasteiger partial charge in [0.15, 0.2) is 0 Å². The average Bonchev–Trinajstić information content (AvgIpc) is 2.17. The first-order valence-electron chi connectivity index (χ1n) is 6.33. The highest BCUT2D eigenvalue weighted by Crippen LogP contribution is 2.43. The molecule has 2 heteroatoms. The summed E-state index contributed by atoms with van der Waals surface area (Å²) in [6.07, 6.45) is 2.58. The third-order valence-corrected chi connectivity index (χ3v) is 3.77. The Morgan fingerprint density at radius 3 is 2.41 bits per heavy atom. The molecule has 0 radical (unpaired) electrons. The lowest BCUT2D eigenvalue weighted by Gasteiger charge is -2.42. The predicted molar refractivity (Wildman–Crippen MR) is 73.0 cm³/mol. The van der Waals surface area contributed by atoms with Crippen molar-refractivity contribution in [3.63, 3.8) is 0 Å². The van der Waals surface area contributed by atoms with Crippen molar-refractivity contribution in [3.8, 4) is 5.75 Å². The van der Waals surface area contributed by atoms with Crippen molar-refractivity contribution in [2.24, 2.45) is 5.41 Å². The summed E-state index contributed by atoms with van der Waals surface area (Å²) in [6, 6.07) is 6.13. The van der Waals surface area contributed by atoms with Crippen LogP contribution in [0.3, 0.4) is 0 Å². The van der Waals surface area contributed by atoms with E-state index in [1.807, 2.05) is 12.1 Å². The second-order valence-corrected chi connectivity index (χ2v) is 6.56. The quantitative estimate of drug-likeness (QED) is 0.733. The molecular formula is C15H21ClO. The Kier molecular flexibility index (Phi) is 3.40. The van der Waals surface area contributed by atoms with Crippen LogP contribution < -0.4 is 4.74 Å². The first-order chi connectivity index (χ1) is 7.87. The maximum Gasteiger partial charge on any atom is 0.138 e. The molecule has 0 aliphatic heterocycles. The Labute approximate surface area is 109 Å². The van der Waals surface area contributed by atoms with Gasteiger partial charge < -0.3 is 4.74 Å². The lowest BCUT2D eigenvalue weighted by Crippen LogP contribution is -2.39. The molecule has 1 aromatic carbocycles. The van der Waals surface area contributed by atoms with E-state index in [0.717, 1.165) is 23.6 Å². The topological polar surface area (TPSA) is 9.23 Å². The summed E-state index contributed by atoms with van der Waals surface area (Å²) < 4.78 is 5.92. The van der Waals surface area contributed by atoms with Crippen LogP contribution in [0, 0.1) is 5.41 Å². The second kappa shape index (κ2) is 4.53. The van der Waals surface area contributed by atoms with Crippen molar-refractivity contribution in [3.05, 3.63) is 28.8 Å². The Bertz CT molecular complexity index is 401. The number of benzene rings is 1. The van der Waals surface area contributed by atoms with Gasteiger partial charge in [0, 0.05) is 0 Å². The molecule has 1 aliphatic rings. The van der Waals surface area contributed by atoms with Gasteiger partial charge in [-0.2, -0.15) is 0 Å². The monoisotopic (exact) mass is 252 g/mol. The minimum atomic E-state index is 0.340. The van der Waals surface area contributed by atoms with E-state index in [9.17, 15) is 0 Å². The van der Waals surface area contributed by atoms with Crippen molar-refractivity contribution in [2.75, 3.05) is 0 Å². The van der Waals surface area contributed by atoms with Gasteiger partial charge in [-0.3, -0.25) is 0 Å². The molecule has 0 atom stereocenters. The van der Waals surface area contributed by atoms with E-state index >= 15 is 0 Å². The number of hydrogen-bond acceptors (Lipinski definition) is 1. The van der Waals surface area contributed by atoms with E-state index in [0.29, 0.717) is 17.4 Å². The first-order valence-corrected chi connectivity index (χ1v) is 6.71. The zero-order valence-corrected chi connectivity index (χ0v) is 11.8. The van der Waals surface area contributed by atoms with Gasteiger partial charge in [0.2, 0.25) is 0 Å². The first kappa shape index (κ1) is 12.8. The Morgan fingerprint density at radius 2 is 1.94 bits per heavy atom. The van der Waals surface area contributed by atoms with Crippen molar-refractivity contribution >= 4 is 11.6 Å². The van der Waals surface area contributed by atoms with Gasteiger partial charge in [0.1, 0.15) is 5.75 Å². The van der Waals surface area contributed by atoms with Crippen LogP contribution in [0.2, 0.25) is 5.02 Å². The summed E-state index contributed by atoms with van der Waals surface area (Å²) in [4.78, 5) is 0. The Hall–Kier alpha value is -0.690. The van der Waals surface area contributed by atoms with Crippen LogP contribution in [0.1, 0.15) is 52.0 Å². The van der Waals surface area contributed by atoms with E-state index in [4.69, 9.17) is 16.3 Å². The molecule has 0 saturated heterocycles. The minimum absolute atomic E-state index is 0.340. The molecule has 0 heterocycles. The summed E-state index contributed by atoms with van der Waals surface area (Å²) in [6.45, 7) is 8.88. The molecule has 0 amide bonds. The van der Waals surface area contributed by atoms with Gasteiger partial charge in [-0.15, -0.1) is 0 Å². The molecule has 1 aromatic rings. The molecule has 1 aliphatic carbocycles. The molecule has 1 nitrogen and oxygen atoms in total. The SMILES string of the molecule is CC(C)c1ccc(OC2CC(C)(C)C2)c(Cl)c1. The highest BCUT2D eigenvalue weighted by molar-refractivity contribution is 6.32. The summed E-state index contributed by atoms with van der Waals surface area (Å²) in [7, 11) is 0. The smallest absolute Gasteiger partial charge is 0.138 e. The van der Waals surface area contributed by atoms with E-state index in [-0.39, 0.29) is 0 Å². The van der Waals surface area contributed by atoms with Crippen LogP contribution in [0.25, 0.3) is 0 Å². The molecule has 17 heavy (non-hydrogen) atoms. The van der Waals surface area contributed by atoms with Crippen LogP contribution in [0.5, 0.6) is 5.75 Å². The molecular weight excluding hydrogens is 232 g/mol. The van der Waals surface area contributed by atoms with E-state index in [1.165, 1.54) is 5.56 Å². The normalized spacial score (nSPS) is 19.2. The zero-order valence-electron chi connectivity index (χ0n) is 11.1. The van der Waals surface area contributed by atoms with Gasteiger partial charge in [-0.05, 0) is 41.9 Å². The summed E-state index contributed by atoms with van der Waals surface area (Å²) in [5.74, 6) is 1.33. The van der Waals surface area contributed by atoms with Gasteiger partial charge in [0.05, 0.1) is 11.1 Å². The molecule has 1 saturated carbocycles. The zero-order chi connectivity index (χ0) is 12.6. The largest absolute Gasteiger partial charge is 0.489 e. The third kappa shape index (κ3) is 2.95. The standard InChI is InChI=1S/C15H21ClO/c1-10(2)11-5-6-14(13(16)7-11)17-12-8-15(3,4)9-12/h5-7,10,12H,8-9H2,1-4H3. The maximum atomic E-state index is 6.24. The van der Waals surface area contributed by atoms with E-state index < -0.39 is 0 Å². The summed E-state index contributed by atoms with van der Waals surface area (Å²) >= 11 is 6.24. The Morgan fingerprint density at radius 1 is 1.29 bits per heavy atom. The van der Waals surface area contributed by atoms with Crippen molar-refractivity contribution in [1.82, 2.24) is 0 Å². The molecule has 0 N–H and O–H groups in total. The fraction of sp³-hybridized carbons (Fsp3) is 0.600. The lowest BCUT2D eigenvalue weighted by atomic mass is 9.70. The number of halogens is 1. The molecule has 0 aromatic heterocycles. The van der Waals surface area contributed by atoms with Crippen molar-refractivity contribution in [1.29, 1.82) is 0 Å². The van der Waals surface area contributed by atoms with E-state index in [1.54, 1.807) is 0 Å². The van der Waals surface area contributed by atoms with Crippen LogP contribution in [0.4, 0.5) is 0 Å². The van der Waals surface area contributed by atoms with Gasteiger partial charge >= 0.3 is 0 Å². The predicted octanol–water partition coefficient (Wildman–Crippen LogP) is 5.03. The molecule has 94 valence electrons. The molecule has 0 bridgehead atoms. The number of hydrogen-bond donors (Lipinski definition) is 0. The van der Waals surface area contributed by atoms with Crippen molar-refractivity contribution in [2.45, 2.75) is 52.6 Å². The molecule has 2 rings (SSSR count). The highest BCUT2D eigenvalue weighted by Gasteiger charge is 2.37. The molecule has 0 unspecified atom stereocenters. The summed E-state index contributed by atoms with van der Waals surface area (Å²) in [5, 5.41) is 0.737. The summed E-state index contributed by atoms with van der Waals surface area (Å²) in [5.41, 5.74) is 1.70. The highest BCUT2D eigenvalue weighted by atomic mass is 35.5. The number of rotatable bonds is 3. The van der Waals surface area contributed by atoms with Gasteiger partial charge in [-0.1, -0.05) is 45.4 Å². The Balaban J connectivity index is 2.03. The lowest BCUT2D eigenvalue weighted by molar-refractivity contribution is 0.0106. The average molecular weight is 253 g/mol. The third-order valence-electron chi connectivity index (χ3n) is 3.48. The van der Waals surface area contributed by atoms with E-state index in [2.05, 4.69) is 33.8 Å². The number of ether oxygens (including phenoxy) is 1. The molecule has 1 fully saturated rings. The second-order valence-electron chi connectivity index (χ2n) is 6.16. The van der Waals surface area contributed by atoms with Gasteiger partial charge in [0.25, 0.3) is 0 Å². The van der Waals surface area contributed by atoms with Crippen LogP contribution in [-0.2, 0) is 0 Å². The van der Waals surface area contributed by atoms with Crippen LogP contribution >= 0.6 is 11.6 Å². The van der Waals surface area contributed by atoms with Crippen molar-refractivity contribution < 1.29 is 4.74 Å². The minimum Gasteiger partial charge on any atom is -0.489 e. The molecule has 0 spiro atoms. The van der Waals surface area contributed by atoms with Gasteiger partial charge in [-0.25, -0.2) is 0 Å². The van der Waals surface area contributed by atoms with Crippen LogP contribution in [-0.4, -0.2) is 6.10 Å². The maximum absolute atomic E-state index is 6.24. The fourth-order valence-electron chi connectivity index (χ4n) is 2.41. The van der Waals surface area contributed by atoms with Crippen LogP contribution in [0.15, 0.2) is 18.2 Å². The fourth-order valence-corrected chi connectivity index (χ4v) is 2.64.